The van der Waals surface area contributed by atoms with E-state index in [4.69, 9.17) is 5.11 Å². The third-order valence-electron chi connectivity index (χ3n) is 0.828. The summed E-state index contributed by atoms with van der Waals surface area (Å²) in [6.45, 7) is 0. The number of hydrogen-bond donors (Lipinski definition) is 2. The lowest BCUT2D eigenvalue weighted by atomic mass is 10.5. The van der Waals surface area contributed by atoms with Gasteiger partial charge < -0.3 is 5.11 Å². The molecule has 10 heavy (non-hydrogen) atoms. The summed E-state index contributed by atoms with van der Waals surface area (Å²) in [5, 5.41) is 13.4. The maximum atomic E-state index is 10.5. The van der Waals surface area contributed by atoms with Gasteiger partial charge in [-0.2, -0.15) is 5.10 Å². The Morgan fingerprint density at radius 3 is 2.80 bits per heavy atom. The van der Waals surface area contributed by atoms with Crippen LogP contribution in [0.1, 0.15) is 10.5 Å². The van der Waals surface area contributed by atoms with Crippen LogP contribution in [0.25, 0.3) is 0 Å². The van der Waals surface area contributed by atoms with Crippen LogP contribution in [0.3, 0.4) is 0 Å². The maximum Gasteiger partial charge on any atom is 0.360 e. The Hall–Kier alpha value is -1.72. The number of hydrogen-bond acceptors (Lipinski definition) is 4. The van der Waals surface area contributed by atoms with Crippen molar-refractivity contribution in [3.8, 4) is 0 Å². The van der Waals surface area contributed by atoms with E-state index in [1.807, 2.05) is 5.10 Å². The smallest absolute Gasteiger partial charge is 0.360 e. The summed E-state index contributed by atoms with van der Waals surface area (Å²) in [5.41, 5.74) is -1.34. The van der Waals surface area contributed by atoms with Crippen molar-refractivity contribution in [3.05, 3.63) is 22.4 Å². The van der Waals surface area contributed by atoms with Crippen molar-refractivity contribution in [3.63, 3.8) is 0 Å². The zero-order valence-electron chi connectivity index (χ0n) is 4.74. The number of H-pyrrole nitrogens is 1. The van der Waals surface area contributed by atoms with Crippen molar-refractivity contribution in [2.24, 2.45) is 0 Å². The molecule has 0 amide bonds. The Bertz CT molecular complexity index is 305. The average molecular weight is 141 g/mol. The van der Waals surface area contributed by atoms with E-state index < -0.39 is 17.2 Å². The molecule has 0 unspecified atom stereocenters. The summed E-state index contributed by atoms with van der Waals surface area (Å²) in [5.74, 6) is -1.36. The topological polar surface area (TPSA) is 95.9 Å². The Balaban J connectivity index is 3.29. The number of aromatic carboxylic acids is 1. The van der Waals surface area contributed by atoms with Crippen LogP contribution in [0.15, 0.2) is 11.1 Å². The summed E-state index contributed by atoms with van der Waals surface area (Å²) in [4.78, 5) is 23.8. The molecule has 1 rings (SSSR count). The van der Waals surface area contributed by atoms with E-state index in [1.165, 1.54) is 0 Å². The molecular weight excluding hydrogens is 138 g/mol. The molecule has 0 aliphatic carbocycles. The van der Waals surface area contributed by atoms with Gasteiger partial charge in [0.25, 0.3) is 5.56 Å². The minimum absolute atomic E-state index is 0.546. The molecule has 0 saturated heterocycles. The quantitative estimate of drug-likeness (QED) is 0.515. The second-order valence-corrected chi connectivity index (χ2v) is 1.47. The molecule has 0 radical (unpaired) electrons. The molecule has 0 aromatic carbocycles. The highest BCUT2D eigenvalue weighted by Gasteiger charge is 2.07. The van der Waals surface area contributed by atoms with Gasteiger partial charge >= 0.3 is 5.97 Å². The maximum absolute atomic E-state index is 10.5. The van der Waals surface area contributed by atoms with Crippen LogP contribution in [0, 0.1) is 0 Å². The van der Waals surface area contributed by atoms with E-state index in [0.29, 0.717) is 0 Å². The number of carbonyl (C=O) groups is 1. The van der Waals surface area contributed by atoms with Gasteiger partial charge in [-0.05, 0) is 0 Å². The number of nitrogens with one attached hydrogen (secondary N) is 1. The van der Waals surface area contributed by atoms with Crippen LogP contribution < -0.4 is 5.56 Å². The van der Waals surface area contributed by atoms with Crippen molar-refractivity contribution in [2.45, 2.75) is 0 Å². The number of rotatable bonds is 1. The lowest BCUT2D eigenvalue weighted by Crippen LogP contribution is -2.20. The number of aromatic nitrogens is 3. The molecule has 0 saturated carbocycles. The molecule has 6 nitrogen and oxygen atoms in total. The number of nitrogens with zero attached hydrogens (tertiary/aromatic N) is 2. The molecule has 0 bridgehead atoms. The lowest BCUT2D eigenvalue weighted by Gasteiger charge is -1.86. The number of aromatic amines is 1. The third-order valence-corrected chi connectivity index (χ3v) is 0.828. The van der Waals surface area contributed by atoms with Crippen LogP contribution >= 0.6 is 0 Å². The van der Waals surface area contributed by atoms with Crippen LogP contribution in [-0.2, 0) is 0 Å². The monoisotopic (exact) mass is 141 g/mol. The molecule has 0 aliphatic heterocycles. The second kappa shape index (κ2) is 2.26. The summed E-state index contributed by atoms with van der Waals surface area (Å²) < 4.78 is 0. The predicted octanol–water partition coefficient (Wildman–Crippen LogP) is -1.14. The van der Waals surface area contributed by atoms with Crippen molar-refractivity contribution in [1.82, 2.24) is 15.2 Å². The molecular formula is C4H3N3O3. The van der Waals surface area contributed by atoms with Gasteiger partial charge in [-0.1, -0.05) is 0 Å². The predicted molar refractivity (Wildman–Crippen MR) is 29.6 cm³/mol. The van der Waals surface area contributed by atoms with Gasteiger partial charge in [-0.25, -0.2) is 14.9 Å². The number of carboxylic acid groups (broad SMARTS) is 1. The highest BCUT2D eigenvalue weighted by Crippen LogP contribution is 1.77. The molecule has 1 aromatic rings. The summed E-state index contributed by atoms with van der Waals surface area (Å²) >= 11 is 0. The Labute approximate surface area is 54.5 Å². The molecule has 0 aliphatic rings. The standard InChI is InChI=1S/C4H3N3O3/c8-3-2(4(9)10)5-1-6-7-3/h1H,(H,7,8)(H,9,10). The van der Waals surface area contributed by atoms with Gasteiger partial charge in [0.1, 0.15) is 6.33 Å². The second-order valence-electron chi connectivity index (χ2n) is 1.47. The van der Waals surface area contributed by atoms with Gasteiger partial charge in [0.15, 0.2) is 0 Å². The Morgan fingerprint density at radius 2 is 2.40 bits per heavy atom. The lowest BCUT2D eigenvalue weighted by molar-refractivity contribution is 0.0688. The van der Waals surface area contributed by atoms with Gasteiger partial charge in [0, 0.05) is 0 Å². The third kappa shape index (κ3) is 0.993. The fourth-order valence-corrected chi connectivity index (χ4v) is 0.438. The van der Waals surface area contributed by atoms with Crippen LogP contribution in [0.2, 0.25) is 0 Å². The fraction of sp³-hybridized carbons (Fsp3) is 0. The first kappa shape index (κ1) is 6.40. The SMILES string of the molecule is O=C(O)c1ncn[nH]c1=O. The van der Waals surface area contributed by atoms with Crippen molar-refractivity contribution >= 4 is 5.97 Å². The first-order valence-electron chi connectivity index (χ1n) is 2.35. The van der Waals surface area contributed by atoms with Gasteiger partial charge in [-0.15, -0.1) is 0 Å². The highest BCUT2D eigenvalue weighted by atomic mass is 16.4. The molecule has 0 atom stereocenters. The van der Waals surface area contributed by atoms with E-state index in [0.717, 1.165) is 6.33 Å². The zero-order chi connectivity index (χ0) is 7.56. The summed E-state index contributed by atoms with van der Waals surface area (Å²) in [7, 11) is 0. The van der Waals surface area contributed by atoms with Gasteiger partial charge in [0.05, 0.1) is 0 Å². The van der Waals surface area contributed by atoms with Gasteiger partial charge in [0.2, 0.25) is 5.69 Å². The minimum Gasteiger partial charge on any atom is -0.476 e. The van der Waals surface area contributed by atoms with Crippen molar-refractivity contribution in [1.29, 1.82) is 0 Å². The van der Waals surface area contributed by atoms with Crippen LogP contribution in [0.5, 0.6) is 0 Å². The summed E-state index contributed by atoms with van der Waals surface area (Å²) in [6.07, 6.45) is 0.963. The first-order chi connectivity index (χ1) is 4.72. The zero-order valence-corrected chi connectivity index (χ0v) is 4.74. The highest BCUT2D eigenvalue weighted by molar-refractivity contribution is 5.84. The van der Waals surface area contributed by atoms with E-state index >= 15 is 0 Å². The summed E-state index contributed by atoms with van der Waals surface area (Å²) in [6, 6.07) is 0. The largest absolute Gasteiger partial charge is 0.476 e. The van der Waals surface area contributed by atoms with E-state index in [9.17, 15) is 9.59 Å². The van der Waals surface area contributed by atoms with Crippen molar-refractivity contribution in [2.75, 3.05) is 0 Å². The average Bonchev–Trinajstić information content (AvgIpc) is 1.88. The van der Waals surface area contributed by atoms with Crippen molar-refractivity contribution < 1.29 is 9.90 Å². The molecule has 1 aromatic heterocycles. The fourth-order valence-electron chi connectivity index (χ4n) is 0.438. The normalized spacial score (nSPS) is 9.20. The molecule has 2 N–H and O–H groups in total. The van der Waals surface area contributed by atoms with E-state index in [-0.39, 0.29) is 0 Å². The Morgan fingerprint density at radius 1 is 1.70 bits per heavy atom. The van der Waals surface area contributed by atoms with E-state index in [2.05, 4.69) is 10.1 Å². The van der Waals surface area contributed by atoms with E-state index in [1.54, 1.807) is 0 Å². The molecule has 0 fully saturated rings. The molecule has 0 spiro atoms. The first-order valence-corrected chi connectivity index (χ1v) is 2.35. The van der Waals surface area contributed by atoms with Crippen LogP contribution in [-0.4, -0.2) is 26.3 Å². The molecule has 6 heteroatoms. The number of carboxylic acids is 1. The molecule has 1 heterocycles. The van der Waals surface area contributed by atoms with Gasteiger partial charge in [-0.3, -0.25) is 4.79 Å². The van der Waals surface area contributed by atoms with Crippen LogP contribution in [0.4, 0.5) is 0 Å². The minimum atomic E-state index is -1.36. The molecule has 52 valence electrons. The Kier molecular flexibility index (Phi) is 1.44.